The zero-order valence-corrected chi connectivity index (χ0v) is 17.3. The molecule has 2 heterocycles. The number of amidine groups is 1. The second-order valence-electron chi connectivity index (χ2n) is 6.20. The predicted molar refractivity (Wildman–Crippen MR) is 118 cm³/mol. The zero-order chi connectivity index (χ0) is 21.1. The third-order valence-electron chi connectivity index (χ3n) is 4.22. The van der Waals surface area contributed by atoms with Gasteiger partial charge in [-0.1, -0.05) is 35.9 Å². The molecule has 4 rings (SSSR count). The Hall–Kier alpha value is -3.29. The van der Waals surface area contributed by atoms with Crippen molar-refractivity contribution in [2.75, 3.05) is 7.11 Å². The van der Waals surface area contributed by atoms with Crippen molar-refractivity contribution in [1.29, 1.82) is 0 Å². The first-order valence-electron chi connectivity index (χ1n) is 8.86. The quantitative estimate of drug-likeness (QED) is 0.443. The maximum atomic E-state index is 12.3. The number of rotatable bonds is 4. The Bertz CT molecular complexity index is 1180. The highest BCUT2D eigenvalue weighted by molar-refractivity contribution is 8.18. The smallest absolute Gasteiger partial charge is 0.337 e. The molecule has 1 fully saturated rings. The summed E-state index contributed by atoms with van der Waals surface area (Å²) >= 11 is 7.33. The predicted octanol–water partition coefficient (Wildman–Crippen LogP) is 5.28. The number of esters is 1. The Morgan fingerprint density at radius 2 is 1.90 bits per heavy atom. The molecule has 3 aromatic rings. The van der Waals surface area contributed by atoms with Gasteiger partial charge in [-0.25, -0.2) is 9.79 Å². The molecule has 1 amide bonds. The highest BCUT2D eigenvalue weighted by Gasteiger charge is 2.24. The Labute approximate surface area is 181 Å². The molecule has 1 aliphatic rings. The van der Waals surface area contributed by atoms with Gasteiger partial charge < -0.3 is 14.5 Å². The van der Waals surface area contributed by atoms with Crippen LogP contribution in [0.1, 0.15) is 16.1 Å². The van der Waals surface area contributed by atoms with E-state index in [1.807, 2.05) is 12.1 Å². The van der Waals surface area contributed by atoms with Crippen molar-refractivity contribution in [3.8, 4) is 11.3 Å². The van der Waals surface area contributed by atoms with Crippen molar-refractivity contribution in [3.05, 3.63) is 81.9 Å². The fourth-order valence-corrected chi connectivity index (χ4v) is 3.73. The molecule has 0 bridgehead atoms. The third kappa shape index (κ3) is 4.32. The fourth-order valence-electron chi connectivity index (χ4n) is 2.74. The van der Waals surface area contributed by atoms with Gasteiger partial charge in [0.2, 0.25) is 0 Å². The van der Waals surface area contributed by atoms with Gasteiger partial charge in [-0.15, -0.1) is 0 Å². The molecule has 0 saturated carbocycles. The molecule has 150 valence electrons. The van der Waals surface area contributed by atoms with Crippen molar-refractivity contribution >= 4 is 52.2 Å². The Morgan fingerprint density at radius 3 is 2.63 bits per heavy atom. The van der Waals surface area contributed by atoms with Gasteiger partial charge in [0.1, 0.15) is 11.5 Å². The molecule has 30 heavy (non-hydrogen) atoms. The maximum absolute atomic E-state index is 12.3. The van der Waals surface area contributed by atoms with E-state index in [0.29, 0.717) is 37.9 Å². The van der Waals surface area contributed by atoms with E-state index in [4.69, 9.17) is 20.8 Å². The number of nitrogens with zero attached hydrogens (tertiary/aromatic N) is 1. The van der Waals surface area contributed by atoms with Crippen molar-refractivity contribution in [3.63, 3.8) is 0 Å². The molecule has 8 heteroatoms. The van der Waals surface area contributed by atoms with E-state index >= 15 is 0 Å². The van der Waals surface area contributed by atoms with Gasteiger partial charge in [0.15, 0.2) is 5.17 Å². The summed E-state index contributed by atoms with van der Waals surface area (Å²) in [5.41, 5.74) is 1.84. The lowest BCUT2D eigenvalue weighted by Crippen LogP contribution is -2.19. The number of hydrogen-bond acceptors (Lipinski definition) is 6. The van der Waals surface area contributed by atoms with E-state index in [1.54, 1.807) is 54.6 Å². The highest BCUT2D eigenvalue weighted by atomic mass is 35.5. The number of ether oxygens (including phenoxy) is 1. The number of aliphatic imine (C=N–C) groups is 1. The third-order valence-corrected chi connectivity index (χ3v) is 5.45. The molecular weight excluding hydrogens is 424 g/mol. The number of thioether (sulfide) groups is 1. The molecule has 1 N–H and O–H groups in total. The minimum atomic E-state index is -0.398. The van der Waals surface area contributed by atoms with Crippen LogP contribution in [0.2, 0.25) is 5.02 Å². The van der Waals surface area contributed by atoms with Gasteiger partial charge in [0.25, 0.3) is 5.91 Å². The first-order chi connectivity index (χ1) is 14.5. The standard InChI is InChI=1S/C22H15ClN2O4S/c1-28-21(27)14-8-6-13(7-9-14)18-11-10-15(29-18)12-19-20(26)25-22(30-19)24-17-5-3-2-4-16(17)23/h2-12H,1H3,(H,24,25,26)/b19-12-. The minimum absolute atomic E-state index is 0.258. The SMILES string of the molecule is COC(=O)c1ccc(-c2ccc(/C=C3\SC(=Nc4ccccc4Cl)NC3=O)o2)cc1. The monoisotopic (exact) mass is 438 g/mol. The number of nitrogens with one attached hydrogen (secondary N) is 1. The lowest BCUT2D eigenvalue weighted by molar-refractivity contribution is -0.115. The summed E-state index contributed by atoms with van der Waals surface area (Å²) < 4.78 is 10.5. The molecule has 6 nitrogen and oxygen atoms in total. The van der Waals surface area contributed by atoms with Crippen molar-refractivity contribution < 1.29 is 18.7 Å². The normalized spacial score (nSPS) is 16.1. The van der Waals surface area contributed by atoms with Crippen molar-refractivity contribution in [1.82, 2.24) is 5.32 Å². The number of para-hydroxylation sites is 1. The second-order valence-corrected chi connectivity index (χ2v) is 7.64. The average Bonchev–Trinajstić information content (AvgIpc) is 3.36. The molecule has 2 aromatic carbocycles. The molecule has 0 radical (unpaired) electrons. The maximum Gasteiger partial charge on any atom is 0.337 e. The van der Waals surface area contributed by atoms with Crippen molar-refractivity contribution in [2.24, 2.45) is 4.99 Å². The molecule has 0 spiro atoms. The van der Waals surface area contributed by atoms with E-state index in [2.05, 4.69) is 10.3 Å². The first kappa shape index (κ1) is 20.0. The van der Waals surface area contributed by atoms with E-state index in [-0.39, 0.29) is 5.91 Å². The van der Waals surface area contributed by atoms with Crippen LogP contribution < -0.4 is 5.32 Å². The molecule has 0 aliphatic carbocycles. The van der Waals surface area contributed by atoms with Crippen LogP contribution in [0.25, 0.3) is 17.4 Å². The largest absolute Gasteiger partial charge is 0.465 e. The summed E-state index contributed by atoms with van der Waals surface area (Å²) in [6.45, 7) is 0. The minimum Gasteiger partial charge on any atom is -0.465 e. The van der Waals surface area contributed by atoms with Gasteiger partial charge in [-0.05, 0) is 48.2 Å². The van der Waals surface area contributed by atoms with Crippen LogP contribution in [0.5, 0.6) is 0 Å². The average molecular weight is 439 g/mol. The number of benzene rings is 2. The summed E-state index contributed by atoms with van der Waals surface area (Å²) in [6.07, 6.45) is 1.65. The summed E-state index contributed by atoms with van der Waals surface area (Å²) in [5, 5.41) is 3.68. The number of amides is 1. The molecule has 0 unspecified atom stereocenters. The second kappa shape index (κ2) is 8.61. The zero-order valence-electron chi connectivity index (χ0n) is 15.7. The lowest BCUT2D eigenvalue weighted by atomic mass is 10.1. The van der Waals surface area contributed by atoms with Crippen LogP contribution in [0.15, 0.2) is 75.0 Å². The van der Waals surface area contributed by atoms with E-state index in [9.17, 15) is 9.59 Å². The molecule has 1 aliphatic heterocycles. The number of hydrogen-bond donors (Lipinski definition) is 1. The number of carbonyl (C=O) groups excluding carboxylic acids is 2. The van der Waals surface area contributed by atoms with Gasteiger partial charge >= 0.3 is 5.97 Å². The summed E-state index contributed by atoms with van der Waals surface area (Å²) in [6, 6.07) is 17.6. The van der Waals surface area contributed by atoms with Crippen LogP contribution in [0, 0.1) is 0 Å². The summed E-state index contributed by atoms with van der Waals surface area (Å²) in [4.78, 5) is 28.7. The molecule has 0 atom stereocenters. The number of halogens is 1. The van der Waals surface area contributed by atoms with Gasteiger partial charge in [-0.2, -0.15) is 0 Å². The van der Waals surface area contributed by atoms with Crippen LogP contribution in [0.4, 0.5) is 5.69 Å². The highest BCUT2D eigenvalue weighted by Crippen LogP contribution is 2.32. The van der Waals surface area contributed by atoms with E-state index < -0.39 is 5.97 Å². The van der Waals surface area contributed by atoms with Gasteiger partial charge in [0.05, 0.1) is 28.3 Å². The molecule has 1 saturated heterocycles. The number of methoxy groups -OCH3 is 1. The van der Waals surface area contributed by atoms with Crippen molar-refractivity contribution in [2.45, 2.75) is 0 Å². The lowest BCUT2D eigenvalue weighted by Gasteiger charge is -2.00. The van der Waals surface area contributed by atoms with Crippen LogP contribution in [-0.2, 0) is 9.53 Å². The van der Waals surface area contributed by atoms with Crippen LogP contribution in [0.3, 0.4) is 0 Å². The van der Waals surface area contributed by atoms with E-state index in [1.165, 1.54) is 18.9 Å². The topological polar surface area (TPSA) is 80.9 Å². The summed E-state index contributed by atoms with van der Waals surface area (Å²) in [7, 11) is 1.34. The van der Waals surface area contributed by atoms with Gasteiger partial charge in [0, 0.05) is 11.6 Å². The van der Waals surface area contributed by atoms with Crippen LogP contribution in [-0.4, -0.2) is 24.2 Å². The Balaban J connectivity index is 1.52. The van der Waals surface area contributed by atoms with Gasteiger partial charge in [-0.3, -0.25) is 4.79 Å². The number of furan rings is 1. The fraction of sp³-hybridized carbons (Fsp3) is 0.0455. The van der Waals surface area contributed by atoms with Crippen LogP contribution >= 0.6 is 23.4 Å². The Kier molecular flexibility index (Phi) is 5.74. The molecular formula is C22H15ClN2O4S. The summed E-state index contributed by atoms with van der Waals surface area (Å²) in [5.74, 6) is 0.487. The number of carbonyl (C=O) groups is 2. The first-order valence-corrected chi connectivity index (χ1v) is 10.1. The Morgan fingerprint density at radius 1 is 1.13 bits per heavy atom. The molecule has 1 aromatic heterocycles. The van der Waals surface area contributed by atoms with E-state index in [0.717, 1.165) is 5.56 Å².